The lowest BCUT2D eigenvalue weighted by Crippen LogP contribution is -2.46. The number of rotatable bonds is 4. The van der Waals surface area contributed by atoms with Crippen LogP contribution >= 0.6 is 0 Å². The zero-order valence-corrected chi connectivity index (χ0v) is 11.8. The SMILES string of the molecule is COc1ccc(C#N)cc1CNC1CCC(=O)N(C)C1. The average Bonchev–Trinajstić information content (AvgIpc) is 2.48. The molecule has 2 rings (SSSR count). The summed E-state index contributed by atoms with van der Waals surface area (Å²) in [7, 11) is 3.45. The van der Waals surface area contributed by atoms with Crippen molar-refractivity contribution in [1.82, 2.24) is 10.2 Å². The van der Waals surface area contributed by atoms with Crippen LogP contribution in [0, 0.1) is 11.3 Å². The Morgan fingerprint density at radius 2 is 2.35 bits per heavy atom. The van der Waals surface area contributed by atoms with E-state index in [0.29, 0.717) is 18.5 Å². The summed E-state index contributed by atoms with van der Waals surface area (Å²) < 4.78 is 5.31. The maximum atomic E-state index is 11.4. The zero-order valence-electron chi connectivity index (χ0n) is 11.8. The number of likely N-dealkylation sites (tertiary alicyclic amines) is 1. The molecule has 0 radical (unpaired) electrons. The molecule has 1 aromatic carbocycles. The third kappa shape index (κ3) is 3.28. The van der Waals surface area contributed by atoms with E-state index in [1.807, 2.05) is 19.2 Å². The Hall–Kier alpha value is -2.06. The largest absolute Gasteiger partial charge is 0.496 e. The second-order valence-corrected chi connectivity index (χ2v) is 5.03. The van der Waals surface area contributed by atoms with Crippen LogP contribution in [0.5, 0.6) is 5.75 Å². The topological polar surface area (TPSA) is 65.4 Å². The van der Waals surface area contributed by atoms with Gasteiger partial charge in [0.25, 0.3) is 0 Å². The molecule has 1 N–H and O–H groups in total. The summed E-state index contributed by atoms with van der Waals surface area (Å²) in [5.41, 5.74) is 1.59. The summed E-state index contributed by atoms with van der Waals surface area (Å²) in [5.74, 6) is 0.976. The van der Waals surface area contributed by atoms with Crippen molar-refractivity contribution in [3.63, 3.8) is 0 Å². The van der Waals surface area contributed by atoms with Crippen molar-refractivity contribution < 1.29 is 9.53 Å². The minimum atomic E-state index is 0.201. The maximum Gasteiger partial charge on any atom is 0.222 e. The van der Waals surface area contributed by atoms with E-state index in [1.54, 1.807) is 18.1 Å². The number of likely N-dealkylation sites (N-methyl/N-ethyl adjacent to an activating group) is 1. The molecule has 106 valence electrons. The molecular formula is C15H19N3O2. The van der Waals surface area contributed by atoms with Gasteiger partial charge in [-0.15, -0.1) is 0 Å². The molecule has 0 bridgehead atoms. The summed E-state index contributed by atoms with van der Waals surface area (Å²) in [4.78, 5) is 13.2. The quantitative estimate of drug-likeness (QED) is 0.897. The molecule has 1 amide bonds. The van der Waals surface area contributed by atoms with Gasteiger partial charge in [0, 0.05) is 38.2 Å². The highest BCUT2D eigenvalue weighted by molar-refractivity contribution is 5.76. The lowest BCUT2D eigenvalue weighted by atomic mass is 10.0. The van der Waals surface area contributed by atoms with E-state index in [-0.39, 0.29) is 11.9 Å². The first kappa shape index (κ1) is 14.4. The van der Waals surface area contributed by atoms with Crippen LogP contribution in [-0.4, -0.2) is 37.6 Å². The van der Waals surface area contributed by atoms with Gasteiger partial charge in [0.1, 0.15) is 5.75 Å². The van der Waals surface area contributed by atoms with E-state index in [2.05, 4.69) is 11.4 Å². The highest BCUT2D eigenvalue weighted by Gasteiger charge is 2.22. The summed E-state index contributed by atoms with van der Waals surface area (Å²) in [6.45, 7) is 1.35. The Morgan fingerprint density at radius 1 is 1.55 bits per heavy atom. The Bertz CT molecular complexity index is 536. The van der Waals surface area contributed by atoms with Gasteiger partial charge < -0.3 is 15.0 Å². The van der Waals surface area contributed by atoms with E-state index in [9.17, 15) is 4.79 Å². The highest BCUT2D eigenvalue weighted by Crippen LogP contribution is 2.20. The van der Waals surface area contributed by atoms with Crippen molar-refractivity contribution in [1.29, 1.82) is 5.26 Å². The molecule has 0 aliphatic carbocycles. The first-order valence-corrected chi connectivity index (χ1v) is 6.68. The number of nitriles is 1. The first-order valence-electron chi connectivity index (χ1n) is 6.68. The molecule has 1 fully saturated rings. The van der Waals surface area contributed by atoms with Gasteiger partial charge in [0.05, 0.1) is 18.7 Å². The van der Waals surface area contributed by atoms with Crippen LogP contribution in [0.3, 0.4) is 0 Å². The third-order valence-corrected chi connectivity index (χ3v) is 3.62. The average molecular weight is 273 g/mol. The van der Waals surface area contributed by atoms with Crippen LogP contribution in [0.2, 0.25) is 0 Å². The maximum absolute atomic E-state index is 11.4. The molecule has 1 aliphatic rings. The van der Waals surface area contributed by atoms with E-state index in [1.165, 1.54) is 0 Å². The molecule has 1 aliphatic heterocycles. The first-order chi connectivity index (χ1) is 9.63. The van der Waals surface area contributed by atoms with Gasteiger partial charge in [-0.3, -0.25) is 4.79 Å². The zero-order chi connectivity index (χ0) is 14.5. The van der Waals surface area contributed by atoms with Gasteiger partial charge in [-0.05, 0) is 24.6 Å². The lowest BCUT2D eigenvalue weighted by molar-refractivity contribution is -0.132. The summed E-state index contributed by atoms with van der Waals surface area (Å²) in [6, 6.07) is 7.81. The number of methoxy groups -OCH3 is 1. The smallest absolute Gasteiger partial charge is 0.222 e. The fourth-order valence-corrected chi connectivity index (χ4v) is 2.42. The minimum Gasteiger partial charge on any atom is -0.496 e. The van der Waals surface area contributed by atoms with Gasteiger partial charge in [-0.2, -0.15) is 5.26 Å². The fraction of sp³-hybridized carbons (Fsp3) is 0.467. The molecule has 0 aromatic heterocycles. The molecular weight excluding hydrogens is 254 g/mol. The third-order valence-electron chi connectivity index (χ3n) is 3.62. The molecule has 1 atom stereocenters. The molecule has 1 heterocycles. The van der Waals surface area contributed by atoms with Gasteiger partial charge in [-0.1, -0.05) is 0 Å². The second-order valence-electron chi connectivity index (χ2n) is 5.03. The standard InChI is InChI=1S/C15H19N3O2/c1-18-10-13(4-6-15(18)19)17-9-12-7-11(8-16)3-5-14(12)20-2/h3,5,7,13,17H,4,6,9-10H2,1-2H3. The van der Waals surface area contributed by atoms with Crippen molar-refractivity contribution in [2.75, 3.05) is 20.7 Å². The second kappa shape index (κ2) is 6.40. The van der Waals surface area contributed by atoms with Gasteiger partial charge >= 0.3 is 0 Å². The Morgan fingerprint density at radius 3 is 3.00 bits per heavy atom. The minimum absolute atomic E-state index is 0.201. The number of amides is 1. The van der Waals surface area contributed by atoms with Crippen LogP contribution in [0.4, 0.5) is 0 Å². The summed E-state index contributed by atoms with van der Waals surface area (Å²) in [6.07, 6.45) is 1.44. The van der Waals surface area contributed by atoms with Crippen molar-refractivity contribution in [2.24, 2.45) is 0 Å². The van der Waals surface area contributed by atoms with E-state index >= 15 is 0 Å². The Labute approximate surface area is 119 Å². The lowest BCUT2D eigenvalue weighted by Gasteiger charge is -2.30. The molecule has 0 saturated carbocycles. The molecule has 1 aromatic rings. The number of nitrogens with one attached hydrogen (secondary N) is 1. The number of ether oxygens (including phenoxy) is 1. The van der Waals surface area contributed by atoms with Gasteiger partial charge in [0.15, 0.2) is 0 Å². The monoisotopic (exact) mass is 273 g/mol. The number of hydrogen-bond acceptors (Lipinski definition) is 4. The van der Waals surface area contributed by atoms with E-state index in [0.717, 1.165) is 24.3 Å². The predicted molar refractivity (Wildman–Crippen MR) is 75.2 cm³/mol. The number of benzene rings is 1. The van der Waals surface area contributed by atoms with Crippen LogP contribution < -0.4 is 10.1 Å². The number of nitrogens with zero attached hydrogens (tertiary/aromatic N) is 2. The molecule has 1 saturated heterocycles. The normalized spacial score (nSPS) is 18.8. The fourth-order valence-electron chi connectivity index (χ4n) is 2.42. The van der Waals surface area contributed by atoms with Crippen LogP contribution in [0.1, 0.15) is 24.0 Å². The van der Waals surface area contributed by atoms with Crippen molar-refractivity contribution in [3.8, 4) is 11.8 Å². The van der Waals surface area contributed by atoms with Crippen molar-refractivity contribution in [2.45, 2.75) is 25.4 Å². The highest BCUT2D eigenvalue weighted by atomic mass is 16.5. The van der Waals surface area contributed by atoms with E-state index in [4.69, 9.17) is 10.00 Å². The van der Waals surface area contributed by atoms with Crippen molar-refractivity contribution in [3.05, 3.63) is 29.3 Å². The predicted octanol–water partition coefficient (Wildman–Crippen LogP) is 1.28. The molecule has 5 nitrogen and oxygen atoms in total. The molecule has 5 heteroatoms. The summed E-state index contributed by atoms with van der Waals surface area (Å²) in [5, 5.41) is 12.4. The molecule has 20 heavy (non-hydrogen) atoms. The van der Waals surface area contributed by atoms with Gasteiger partial charge in [-0.25, -0.2) is 0 Å². The van der Waals surface area contributed by atoms with E-state index < -0.39 is 0 Å². The van der Waals surface area contributed by atoms with Crippen molar-refractivity contribution >= 4 is 5.91 Å². The number of carbonyl (C=O) groups is 1. The van der Waals surface area contributed by atoms with Gasteiger partial charge in [0.2, 0.25) is 5.91 Å². The summed E-state index contributed by atoms with van der Waals surface area (Å²) >= 11 is 0. The number of carbonyl (C=O) groups excluding carboxylic acids is 1. The Balaban J connectivity index is 2.00. The molecule has 1 unspecified atom stereocenters. The molecule has 0 spiro atoms. The number of hydrogen-bond donors (Lipinski definition) is 1. The Kier molecular flexibility index (Phi) is 4.59. The van der Waals surface area contributed by atoms with Crippen LogP contribution in [0.15, 0.2) is 18.2 Å². The number of piperidine rings is 1. The van der Waals surface area contributed by atoms with Crippen LogP contribution in [-0.2, 0) is 11.3 Å². The van der Waals surface area contributed by atoms with Crippen LogP contribution in [0.25, 0.3) is 0 Å².